The van der Waals surface area contributed by atoms with Crippen molar-refractivity contribution >= 4 is 45.7 Å². The van der Waals surface area contributed by atoms with Crippen molar-refractivity contribution in [1.82, 2.24) is 20.4 Å². The molecule has 19 heavy (non-hydrogen) atoms. The highest BCUT2D eigenvalue weighted by Crippen LogP contribution is 2.23. The Morgan fingerprint density at radius 1 is 1.00 bits per heavy atom. The average Bonchev–Trinajstić information content (AvgIpc) is 2.39. The zero-order valence-electron chi connectivity index (χ0n) is 9.51. The van der Waals surface area contributed by atoms with Gasteiger partial charge in [-0.1, -0.05) is 29.3 Å². The molecule has 0 radical (unpaired) electrons. The monoisotopic (exact) mass is 291 g/mol. The van der Waals surface area contributed by atoms with Crippen LogP contribution in [0, 0.1) is 0 Å². The first kappa shape index (κ1) is 12.1. The van der Waals surface area contributed by atoms with Crippen molar-refractivity contribution in [1.29, 1.82) is 0 Å². The molecule has 3 aromatic rings. The second-order valence-electron chi connectivity index (χ2n) is 3.78. The van der Waals surface area contributed by atoms with Crippen LogP contribution in [0.15, 0.2) is 36.4 Å². The summed E-state index contributed by atoms with van der Waals surface area (Å²) in [6.45, 7) is 0. The van der Waals surface area contributed by atoms with Crippen LogP contribution >= 0.6 is 23.2 Å². The Kier molecular flexibility index (Phi) is 3.15. The Morgan fingerprint density at radius 3 is 2.74 bits per heavy atom. The van der Waals surface area contributed by atoms with Crippen LogP contribution in [0.2, 0.25) is 10.2 Å². The van der Waals surface area contributed by atoms with Gasteiger partial charge < -0.3 is 5.32 Å². The molecular weight excluding hydrogens is 285 g/mol. The quantitative estimate of drug-likeness (QED) is 0.733. The van der Waals surface area contributed by atoms with Gasteiger partial charge in [0.25, 0.3) is 0 Å². The number of fused-ring (bicyclic) bond motifs is 1. The number of aromatic nitrogens is 4. The number of benzene rings is 1. The molecule has 0 aliphatic carbocycles. The highest BCUT2D eigenvalue weighted by atomic mass is 35.5. The van der Waals surface area contributed by atoms with Gasteiger partial charge >= 0.3 is 0 Å². The van der Waals surface area contributed by atoms with Crippen LogP contribution in [0.3, 0.4) is 0 Å². The summed E-state index contributed by atoms with van der Waals surface area (Å²) < 4.78 is 0. The number of anilines is 2. The van der Waals surface area contributed by atoms with Gasteiger partial charge in [0, 0.05) is 10.7 Å². The van der Waals surface area contributed by atoms with Crippen LogP contribution in [0.25, 0.3) is 11.0 Å². The lowest BCUT2D eigenvalue weighted by Crippen LogP contribution is -2.00. The molecule has 7 heteroatoms. The predicted molar refractivity (Wildman–Crippen MR) is 74.9 cm³/mol. The Balaban J connectivity index is 2.07. The summed E-state index contributed by atoms with van der Waals surface area (Å²) in [7, 11) is 0. The molecule has 2 heterocycles. The third kappa shape index (κ3) is 2.57. The van der Waals surface area contributed by atoms with Crippen LogP contribution in [0.1, 0.15) is 0 Å². The molecule has 3 rings (SSSR count). The number of nitrogens with one attached hydrogen (secondary N) is 1. The van der Waals surface area contributed by atoms with E-state index in [1.54, 1.807) is 24.3 Å². The molecule has 2 aromatic heterocycles. The molecule has 0 aliphatic heterocycles. The Labute approximate surface area is 118 Å². The van der Waals surface area contributed by atoms with Crippen LogP contribution in [0.5, 0.6) is 0 Å². The van der Waals surface area contributed by atoms with E-state index >= 15 is 0 Å². The van der Waals surface area contributed by atoms with Gasteiger partial charge in [0.05, 0.1) is 0 Å². The van der Waals surface area contributed by atoms with E-state index in [0.717, 1.165) is 5.69 Å². The van der Waals surface area contributed by atoms with E-state index in [2.05, 4.69) is 25.7 Å². The van der Waals surface area contributed by atoms with Crippen molar-refractivity contribution < 1.29 is 0 Å². The second kappa shape index (κ2) is 4.95. The van der Waals surface area contributed by atoms with Crippen molar-refractivity contribution in [2.45, 2.75) is 0 Å². The van der Waals surface area contributed by atoms with E-state index in [9.17, 15) is 0 Å². The lowest BCUT2D eigenvalue weighted by atomic mass is 10.3. The van der Waals surface area contributed by atoms with E-state index in [0.29, 0.717) is 27.0 Å². The van der Waals surface area contributed by atoms with Crippen LogP contribution < -0.4 is 5.32 Å². The molecule has 0 aliphatic rings. The molecular formula is C12H7Cl2N5. The van der Waals surface area contributed by atoms with Crippen molar-refractivity contribution in [3.05, 3.63) is 46.6 Å². The van der Waals surface area contributed by atoms with Crippen molar-refractivity contribution in [2.24, 2.45) is 0 Å². The molecule has 5 nitrogen and oxygen atoms in total. The summed E-state index contributed by atoms with van der Waals surface area (Å²) >= 11 is 11.8. The second-order valence-corrected chi connectivity index (χ2v) is 4.60. The molecule has 1 aromatic carbocycles. The summed E-state index contributed by atoms with van der Waals surface area (Å²) in [5.41, 5.74) is 1.96. The molecule has 0 fully saturated rings. The molecule has 1 N–H and O–H groups in total. The number of pyridine rings is 1. The maximum Gasteiger partial charge on any atom is 0.183 e. The molecule has 94 valence electrons. The zero-order chi connectivity index (χ0) is 13.2. The fourth-order valence-corrected chi connectivity index (χ4v) is 1.97. The first-order valence-corrected chi connectivity index (χ1v) is 6.16. The molecule has 0 saturated carbocycles. The summed E-state index contributed by atoms with van der Waals surface area (Å²) in [5.74, 6) is 0.481. The van der Waals surface area contributed by atoms with E-state index in [4.69, 9.17) is 23.2 Å². The third-order valence-electron chi connectivity index (χ3n) is 2.45. The van der Waals surface area contributed by atoms with Gasteiger partial charge in [-0.25, -0.2) is 4.98 Å². The largest absolute Gasteiger partial charge is 0.337 e. The van der Waals surface area contributed by atoms with Crippen LogP contribution in [-0.4, -0.2) is 20.4 Å². The van der Waals surface area contributed by atoms with Gasteiger partial charge in [-0.3, -0.25) is 0 Å². The van der Waals surface area contributed by atoms with Crippen molar-refractivity contribution in [3.8, 4) is 0 Å². The summed E-state index contributed by atoms with van der Waals surface area (Å²) in [6, 6.07) is 10.7. The lowest BCUT2D eigenvalue weighted by molar-refractivity contribution is 0.897. The normalized spacial score (nSPS) is 10.6. The van der Waals surface area contributed by atoms with Gasteiger partial charge in [-0.15, -0.1) is 10.2 Å². The summed E-state index contributed by atoms with van der Waals surface area (Å²) in [5, 5.41) is 15.6. The van der Waals surface area contributed by atoms with E-state index in [1.807, 2.05) is 12.1 Å². The van der Waals surface area contributed by atoms with Gasteiger partial charge in [-0.05, 0) is 35.5 Å². The van der Waals surface area contributed by atoms with Gasteiger partial charge in [0.15, 0.2) is 5.82 Å². The number of halogens is 2. The minimum Gasteiger partial charge on any atom is -0.337 e. The number of nitrogens with zero attached hydrogens (tertiary/aromatic N) is 4. The first-order chi connectivity index (χ1) is 9.22. The molecule has 0 spiro atoms. The van der Waals surface area contributed by atoms with Crippen molar-refractivity contribution in [2.75, 3.05) is 5.32 Å². The topological polar surface area (TPSA) is 63.6 Å². The summed E-state index contributed by atoms with van der Waals surface area (Å²) in [4.78, 5) is 4.20. The minimum absolute atomic E-state index is 0.372. The fourth-order valence-electron chi connectivity index (χ4n) is 1.63. The van der Waals surface area contributed by atoms with Gasteiger partial charge in [0.1, 0.15) is 16.2 Å². The Bertz CT molecular complexity index is 747. The van der Waals surface area contributed by atoms with Crippen LogP contribution in [0.4, 0.5) is 11.5 Å². The molecule has 0 atom stereocenters. The predicted octanol–water partition coefficient (Wildman–Crippen LogP) is 3.47. The SMILES string of the molecule is Clc1cccc(Nc2nnnc3ccc(Cl)nc23)c1. The average molecular weight is 292 g/mol. The van der Waals surface area contributed by atoms with Gasteiger partial charge in [-0.2, -0.15) is 0 Å². The van der Waals surface area contributed by atoms with E-state index in [1.165, 1.54) is 0 Å². The number of hydrogen-bond donors (Lipinski definition) is 1. The number of rotatable bonds is 2. The maximum atomic E-state index is 5.93. The number of hydrogen-bond acceptors (Lipinski definition) is 5. The highest BCUT2D eigenvalue weighted by molar-refractivity contribution is 6.31. The summed E-state index contributed by atoms with van der Waals surface area (Å²) in [6.07, 6.45) is 0. The van der Waals surface area contributed by atoms with Crippen molar-refractivity contribution in [3.63, 3.8) is 0 Å². The third-order valence-corrected chi connectivity index (χ3v) is 2.89. The first-order valence-electron chi connectivity index (χ1n) is 5.40. The fraction of sp³-hybridized carbons (Fsp3) is 0. The molecule has 0 unspecified atom stereocenters. The zero-order valence-corrected chi connectivity index (χ0v) is 11.0. The molecule has 0 amide bonds. The van der Waals surface area contributed by atoms with Gasteiger partial charge in [0.2, 0.25) is 0 Å². The maximum absolute atomic E-state index is 5.93. The Hall–Kier alpha value is -1.98. The Morgan fingerprint density at radius 2 is 1.89 bits per heavy atom. The lowest BCUT2D eigenvalue weighted by Gasteiger charge is -2.06. The van der Waals surface area contributed by atoms with E-state index in [-0.39, 0.29) is 0 Å². The molecule has 0 saturated heterocycles. The van der Waals surface area contributed by atoms with Crippen LogP contribution in [-0.2, 0) is 0 Å². The highest BCUT2D eigenvalue weighted by Gasteiger charge is 2.07. The van der Waals surface area contributed by atoms with E-state index < -0.39 is 0 Å². The minimum atomic E-state index is 0.372. The smallest absolute Gasteiger partial charge is 0.183 e. The molecule has 0 bridgehead atoms. The standard InChI is InChI=1S/C12H7Cl2N5/c13-7-2-1-3-8(6-7)15-12-11-9(17-19-18-12)4-5-10(14)16-11/h1-6H,(H,15,17,18).